The van der Waals surface area contributed by atoms with Crippen LogP contribution in [-0.2, 0) is 4.79 Å². The van der Waals surface area contributed by atoms with Gasteiger partial charge in [-0.1, -0.05) is 6.08 Å². The lowest BCUT2D eigenvalue weighted by Gasteiger charge is -1.96. The summed E-state index contributed by atoms with van der Waals surface area (Å²) in [6, 6.07) is 0. The summed E-state index contributed by atoms with van der Waals surface area (Å²) in [5, 5.41) is 11.4. The Morgan fingerprint density at radius 3 is 3.00 bits per heavy atom. The number of aliphatic carboxylic acids is 1. The monoisotopic (exact) mass is 141 g/mol. The van der Waals surface area contributed by atoms with E-state index in [1.165, 1.54) is 6.08 Å². The van der Waals surface area contributed by atoms with Crippen LogP contribution in [0.5, 0.6) is 0 Å². The maximum atomic E-state index is 10.0. The fourth-order valence-electron chi connectivity index (χ4n) is 1.06. The topological polar surface area (TPSA) is 49.3 Å². The SMILES string of the molecule is O=C(O)/C=C\C1CCNC1. The molecule has 3 heteroatoms. The Morgan fingerprint density at radius 2 is 2.50 bits per heavy atom. The van der Waals surface area contributed by atoms with E-state index in [2.05, 4.69) is 5.32 Å². The molecule has 56 valence electrons. The molecule has 0 spiro atoms. The molecule has 0 radical (unpaired) electrons. The van der Waals surface area contributed by atoms with Gasteiger partial charge in [0.1, 0.15) is 0 Å². The molecule has 1 aliphatic heterocycles. The highest BCUT2D eigenvalue weighted by Gasteiger charge is 2.10. The van der Waals surface area contributed by atoms with E-state index in [1.807, 2.05) is 0 Å². The molecule has 1 heterocycles. The van der Waals surface area contributed by atoms with Gasteiger partial charge in [-0.15, -0.1) is 0 Å². The molecular weight excluding hydrogens is 130 g/mol. The van der Waals surface area contributed by atoms with Gasteiger partial charge in [0.15, 0.2) is 0 Å². The first-order valence-corrected chi connectivity index (χ1v) is 3.41. The molecular formula is C7H11NO2. The van der Waals surface area contributed by atoms with Gasteiger partial charge < -0.3 is 10.4 Å². The van der Waals surface area contributed by atoms with Crippen LogP contribution in [-0.4, -0.2) is 24.2 Å². The van der Waals surface area contributed by atoms with Crippen LogP contribution in [0.2, 0.25) is 0 Å². The third-order valence-electron chi connectivity index (χ3n) is 1.61. The molecule has 0 aromatic heterocycles. The number of carboxylic acid groups (broad SMARTS) is 1. The van der Waals surface area contributed by atoms with Crippen LogP contribution >= 0.6 is 0 Å². The highest BCUT2D eigenvalue weighted by atomic mass is 16.4. The van der Waals surface area contributed by atoms with Crippen molar-refractivity contribution in [3.8, 4) is 0 Å². The predicted molar refractivity (Wildman–Crippen MR) is 37.8 cm³/mol. The van der Waals surface area contributed by atoms with Crippen molar-refractivity contribution in [1.29, 1.82) is 0 Å². The van der Waals surface area contributed by atoms with Crippen molar-refractivity contribution < 1.29 is 9.90 Å². The van der Waals surface area contributed by atoms with Crippen LogP contribution in [0.4, 0.5) is 0 Å². The standard InChI is InChI=1S/C7H11NO2/c9-7(10)2-1-6-3-4-8-5-6/h1-2,6,8H,3-5H2,(H,9,10)/b2-1-. The summed E-state index contributed by atoms with van der Waals surface area (Å²) in [4.78, 5) is 10.0. The summed E-state index contributed by atoms with van der Waals surface area (Å²) < 4.78 is 0. The van der Waals surface area contributed by atoms with Gasteiger partial charge >= 0.3 is 5.97 Å². The van der Waals surface area contributed by atoms with Crippen molar-refractivity contribution in [2.24, 2.45) is 5.92 Å². The lowest BCUT2D eigenvalue weighted by atomic mass is 10.1. The number of rotatable bonds is 2. The van der Waals surface area contributed by atoms with Crippen LogP contribution in [0.15, 0.2) is 12.2 Å². The van der Waals surface area contributed by atoms with E-state index in [1.54, 1.807) is 6.08 Å². The Balaban J connectivity index is 2.29. The van der Waals surface area contributed by atoms with Crippen molar-refractivity contribution in [3.63, 3.8) is 0 Å². The molecule has 2 N–H and O–H groups in total. The average molecular weight is 141 g/mol. The summed E-state index contributed by atoms with van der Waals surface area (Å²) in [5.41, 5.74) is 0. The van der Waals surface area contributed by atoms with E-state index < -0.39 is 5.97 Å². The van der Waals surface area contributed by atoms with Crippen LogP contribution in [0.1, 0.15) is 6.42 Å². The first kappa shape index (κ1) is 7.28. The second-order valence-electron chi connectivity index (χ2n) is 2.45. The van der Waals surface area contributed by atoms with E-state index in [0.29, 0.717) is 5.92 Å². The highest BCUT2D eigenvalue weighted by Crippen LogP contribution is 2.07. The van der Waals surface area contributed by atoms with Gasteiger partial charge in [-0.05, 0) is 18.9 Å². The third-order valence-corrected chi connectivity index (χ3v) is 1.61. The van der Waals surface area contributed by atoms with Crippen molar-refractivity contribution in [2.45, 2.75) is 6.42 Å². The molecule has 0 bridgehead atoms. The zero-order valence-corrected chi connectivity index (χ0v) is 5.71. The second-order valence-corrected chi connectivity index (χ2v) is 2.45. The molecule has 0 amide bonds. The molecule has 1 saturated heterocycles. The summed E-state index contributed by atoms with van der Waals surface area (Å²) in [5.74, 6) is -0.428. The minimum absolute atomic E-state index is 0.427. The van der Waals surface area contributed by atoms with Gasteiger partial charge in [0, 0.05) is 12.6 Å². The van der Waals surface area contributed by atoms with E-state index in [9.17, 15) is 4.79 Å². The van der Waals surface area contributed by atoms with Crippen molar-refractivity contribution in [3.05, 3.63) is 12.2 Å². The Bertz CT molecular complexity index is 148. The summed E-state index contributed by atoms with van der Waals surface area (Å²) >= 11 is 0. The number of hydrogen-bond acceptors (Lipinski definition) is 2. The number of carbonyl (C=O) groups is 1. The molecule has 1 rings (SSSR count). The molecule has 1 aliphatic rings. The van der Waals surface area contributed by atoms with E-state index in [-0.39, 0.29) is 0 Å². The third kappa shape index (κ3) is 2.19. The summed E-state index contributed by atoms with van der Waals surface area (Å²) in [6.45, 7) is 1.93. The van der Waals surface area contributed by atoms with Crippen LogP contribution in [0, 0.1) is 5.92 Å². The van der Waals surface area contributed by atoms with E-state index in [0.717, 1.165) is 19.5 Å². The number of nitrogens with one attached hydrogen (secondary N) is 1. The first-order chi connectivity index (χ1) is 4.79. The Labute approximate surface area is 59.7 Å². The lowest BCUT2D eigenvalue weighted by Crippen LogP contribution is -2.07. The van der Waals surface area contributed by atoms with Crippen molar-refractivity contribution >= 4 is 5.97 Å². The Morgan fingerprint density at radius 1 is 1.70 bits per heavy atom. The lowest BCUT2D eigenvalue weighted by molar-refractivity contribution is -0.131. The van der Waals surface area contributed by atoms with Gasteiger partial charge in [-0.3, -0.25) is 0 Å². The van der Waals surface area contributed by atoms with Crippen molar-refractivity contribution in [2.75, 3.05) is 13.1 Å². The van der Waals surface area contributed by atoms with Gasteiger partial charge in [-0.25, -0.2) is 4.79 Å². The molecule has 3 nitrogen and oxygen atoms in total. The quantitative estimate of drug-likeness (QED) is 0.541. The maximum absolute atomic E-state index is 10.0. The zero-order valence-electron chi connectivity index (χ0n) is 5.71. The molecule has 1 atom stereocenters. The fourth-order valence-corrected chi connectivity index (χ4v) is 1.06. The minimum Gasteiger partial charge on any atom is -0.478 e. The number of hydrogen-bond donors (Lipinski definition) is 2. The zero-order chi connectivity index (χ0) is 7.40. The fraction of sp³-hybridized carbons (Fsp3) is 0.571. The Hall–Kier alpha value is -0.830. The molecule has 0 aromatic carbocycles. The smallest absolute Gasteiger partial charge is 0.327 e. The normalized spacial score (nSPS) is 25.8. The van der Waals surface area contributed by atoms with E-state index in [4.69, 9.17) is 5.11 Å². The molecule has 10 heavy (non-hydrogen) atoms. The predicted octanol–water partition coefficient (Wildman–Crippen LogP) is 0.237. The summed E-state index contributed by atoms with van der Waals surface area (Å²) in [6.07, 6.45) is 4.03. The van der Waals surface area contributed by atoms with Crippen LogP contribution < -0.4 is 5.32 Å². The minimum atomic E-state index is -0.855. The van der Waals surface area contributed by atoms with E-state index >= 15 is 0 Å². The van der Waals surface area contributed by atoms with Gasteiger partial charge in [-0.2, -0.15) is 0 Å². The van der Waals surface area contributed by atoms with Gasteiger partial charge in [0.05, 0.1) is 0 Å². The molecule has 0 saturated carbocycles. The molecule has 0 aromatic rings. The van der Waals surface area contributed by atoms with Crippen LogP contribution in [0.3, 0.4) is 0 Å². The van der Waals surface area contributed by atoms with Gasteiger partial charge in [0.2, 0.25) is 0 Å². The second kappa shape index (κ2) is 3.37. The number of carboxylic acids is 1. The largest absolute Gasteiger partial charge is 0.478 e. The molecule has 1 unspecified atom stereocenters. The van der Waals surface area contributed by atoms with Crippen LogP contribution in [0.25, 0.3) is 0 Å². The summed E-state index contributed by atoms with van der Waals surface area (Å²) in [7, 11) is 0. The average Bonchev–Trinajstić information content (AvgIpc) is 2.34. The first-order valence-electron chi connectivity index (χ1n) is 3.41. The highest BCUT2D eigenvalue weighted by molar-refractivity contribution is 5.79. The Kier molecular flexibility index (Phi) is 2.45. The maximum Gasteiger partial charge on any atom is 0.327 e. The molecule has 1 fully saturated rings. The molecule has 0 aliphatic carbocycles. The van der Waals surface area contributed by atoms with Crippen molar-refractivity contribution in [1.82, 2.24) is 5.32 Å². The van der Waals surface area contributed by atoms with Gasteiger partial charge in [0.25, 0.3) is 0 Å².